The number of hydrogen-bond donors (Lipinski definition) is 1. The molecule has 2 rings (SSSR count). The first-order chi connectivity index (χ1) is 12.0. The molecule has 0 unspecified atom stereocenters. The average Bonchev–Trinajstić information content (AvgIpc) is 2.58. The fourth-order valence-electron chi connectivity index (χ4n) is 1.92. The van der Waals surface area contributed by atoms with E-state index in [0.717, 1.165) is 0 Å². The van der Waals surface area contributed by atoms with Crippen LogP contribution in [0, 0.1) is 56.7 Å². The van der Waals surface area contributed by atoms with Crippen molar-refractivity contribution in [3.63, 3.8) is 0 Å². The molecule has 0 heterocycles. The minimum absolute atomic E-state index is 0.0388. The van der Waals surface area contributed by atoms with Crippen molar-refractivity contribution >= 4 is 23.5 Å². The molecule has 138 valence electrons. The number of rotatable bonds is 3. The van der Waals surface area contributed by atoms with Crippen LogP contribution >= 0.6 is 0 Å². The molecule has 2 aromatic rings. The van der Waals surface area contributed by atoms with E-state index in [-0.39, 0.29) is 12.2 Å². The summed E-state index contributed by atoms with van der Waals surface area (Å²) >= 11 is 0. The molecule has 0 saturated carbocycles. The Kier molecular flexibility index (Phi) is 4.87. The summed E-state index contributed by atoms with van der Waals surface area (Å²) in [4.78, 5) is 8.69. The van der Waals surface area contributed by atoms with Crippen molar-refractivity contribution in [3.8, 4) is 0 Å². The van der Waals surface area contributed by atoms with Crippen LogP contribution in [0.2, 0.25) is 0 Å². The van der Waals surface area contributed by atoms with Gasteiger partial charge in [0, 0.05) is 0 Å². The number of anilines is 1. The molecule has 12 heteroatoms. The van der Waals surface area contributed by atoms with Crippen molar-refractivity contribution in [1.29, 1.82) is 0 Å². The monoisotopic (exact) mass is 384 g/mol. The minimum Gasteiger partial charge on any atom is -0.394 e. The molecule has 0 saturated heterocycles. The van der Waals surface area contributed by atoms with Crippen LogP contribution in [0.25, 0.3) is 12.2 Å². The first kappa shape index (κ1) is 19.1. The highest BCUT2D eigenvalue weighted by Gasteiger charge is 2.32. The molecule has 0 atom stereocenters. The minimum atomic E-state index is -2.39. The van der Waals surface area contributed by atoms with Crippen LogP contribution in [-0.4, -0.2) is 4.92 Å². The smallest absolute Gasteiger partial charge is 0.346 e. The number of nitro groups is 1. The number of nitrogens with two attached hydrogens (primary N) is 1. The summed E-state index contributed by atoms with van der Waals surface area (Å²) in [6, 6.07) is 0. The van der Waals surface area contributed by atoms with Gasteiger partial charge in [-0.1, -0.05) is 0 Å². The second-order valence-corrected chi connectivity index (χ2v) is 4.69. The van der Waals surface area contributed by atoms with E-state index in [9.17, 15) is 45.2 Å². The molecule has 0 spiro atoms. The summed E-state index contributed by atoms with van der Waals surface area (Å²) in [5, 5.41) is 10.4. The van der Waals surface area contributed by atoms with Crippen molar-refractivity contribution in [2.75, 3.05) is 5.73 Å². The first-order valence-corrected chi connectivity index (χ1v) is 6.30. The Bertz CT molecular complexity index is 916. The molecule has 0 radical (unpaired) electrons. The molecule has 2 N–H and O–H groups in total. The van der Waals surface area contributed by atoms with Gasteiger partial charge in [-0.05, 0) is 12.2 Å². The second-order valence-electron chi connectivity index (χ2n) is 4.69. The Hall–Kier alpha value is -3.18. The van der Waals surface area contributed by atoms with E-state index in [1.165, 1.54) is 0 Å². The highest BCUT2D eigenvalue weighted by Crippen LogP contribution is 2.32. The Morgan fingerprint density at radius 1 is 0.654 bits per heavy atom. The SMILES string of the molecule is Nc1c(F)c(F)c(/C=C/c2c(F)c(F)c([N+](=O)[O-])c(F)c2F)c(F)c1F. The maximum Gasteiger partial charge on any atom is 0.346 e. The number of nitrogen functional groups attached to an aromatic ring is 1. The maximum absolute atomic E-state index is 13.7. The summed E-state index contributed by atoms with van der Waals surface area (Å²) in [7, 11) is 0. The van der Waals surface area contributed by atoms with E-state index < -0.39 is 74.0 Å². The van der Waals surface area contributed by atoms with E-state index in [4.69, 9.17) is 5.73 Å². The van der Waals surface area contributed by atoms with Gasteiger partial charge in [-0.15, -0.1) is 0 Å². The molecule has 0 aromatic heterocycles. The Balaban J connectivity index is 2.70. The molecule has 0 aliphatic rings. The molecular formula is C14H4F8N2O2. The molecule has 0 bridgehead atoms. The summed E-state index contributed by atoms with van der Waals surface area (Å²) in [6.07, 6.45) is 0.111. The molecule has 0 aliphatic heterocycles. The molecule has 4 nitrogen and oxygen atoms in total. The lowest BCUT2D eigenvalue weighted by Crippen LogP contribution is -2.07. The zero-order valence-corrected chi connectivity index (χ0v) is 12.0. The summed E-state index contributed by atoms with van der Waals surface area (Å²) in [5.74, 6) is -17.4. The third-order valence-electron chi connectivity index (χ3n) is 3.20. The third-order valence-corrected chi connectivity index (χ3v) is 3.20. The summed E-state index contributed by atoms with van der Waals surface area (Å²) in [6.45, 7) is 0. The highest BCUT2D eigenvalue weighted by molar-refractivity contribution is 5.72. The van der Waals surface area contributed by atoms with Gasteiger partial charge in [0.05, 0.1) is 16.1 Å². The quantitative estimate of drug-likeness (QED) is 0.212. The Labute approximate surface area is 138 Å². The van der Waals surface area contributed by atoms with E-state index in [1.807, 2.05) is 0 Å². The third kappa shape index (κ3) is 2.82. The molecule has 26 heavy (non-hydrogen) atoms. The van der Waals surface area contributed by atoms with Crippen molar-refractivity contribution in [2.45, 2.75) is 0 Å². The summed E-state index contributed by atoms with van der Waals surface area (Å²) < 4.78 is 108. The molecule has 2 aromatic carbocycles. The van der Waals surface area contributed by atoms with Crippen LogP contribution in [0.15, 0.2) is 0 Å². The van der Waals surface area contributed by atoms with Gasteiger partial charge in [0.1, 0.15) is 5.69 Å². The fraction of sp³-hybridized carbons (Fsp3) is 0. The molecule has 0 fully saturated rings. The lowest BCUT2D eigenvalue weighted by molar-refractivity contribution is -0.390. The van der Waals surface area contributed by atoms with Gasteiger partial charge in [-0.25, -0.2) is 26.3 Å². The van der Waals surface area contributed by atoms with Crippen molar-refractivity contribution in [2.24, 2.45) is 0 Å². The van der Waals surface area contributed by atoms with Crippen LogP contribution < -0.4 is 5.73 Å². The number of benzene rings is 2. The van der Waals surface area contributed by atoms with Crippen LogP contribution in [-0.2, 0) is 0 Å². The maximum atomic E-state index is 13.7. The number of nitro benzene ring substituents is 1. The molecular weight excluding hydrogens is 380 g/mol. The van der Waals surface area contributed by atoms with Crippen molar-refractivity contribution in [3.05, 3.63) is 67.8 Å². The number of nitrogens with zero attached hydrogens (tertiary/aromatic N) is 1. The van der Waals surface area contributed by atoms with Gasteiger partial charge in [0.15, 0.2) is 34.9 Å². The van der Waals surface area contributed by atoms with Gasteiger partial charge in [-0.3, -0.25) is 10.1 Å². The number of hydrogen-bond acceptors (Lipinski definition) is 3. The standard InChI is InChI=1S/C14H4F8N2O2/c15-5-3(6(16)10(20)13(23)9(5)19)1-2-4-7(17)11(21)14(24(25)26)12(22)8(4)18/h1-2H,23H2/b2-1+. The molecule has 0 aliphatic carbocycles. The predicted octanol–water partition coefficient (Wildman–Crippen LogP) is 4.46. The zero-order chi connectivity index (χ0) is 19.9. The van der Waals surface area contributed by atoms with Crippen LogP contribution in [0.4, 0.5) is 46.5 Å². The van der Waals surface area contributed by atoms with Crippen LogP contribution in [0.5, 0.6) is 0 Å². The Morgan fingerprint density at radius 2 is 0.962 bits per heavy atom. The Morgan fingerprint density at radius 3 is 1.27 bits per heavy atom. The van der Waals surface area contributed by atoms with Crippen molar-refractivity contribution in [1.82, 2.24) is 0 Å². The van der Waals surface area contributed by atoms with Crippen LogP contribution in [0.3, 0.4) is 0 Å². The van der Waals surface area contributed by atoms with E-state index in [2.05, 4.69) is 0 Å². The zero-order valence-electron chi connectivity index (χ0n) is 12.0. The van der Waals surface area contributed by atoms with Gasteiger partial charge in [-0.2, -0.15) is 8.78 Å². The lowest BCUT2D eigenvalue weighted by atomic mass is 10.1. The molecule has 0 amide bonds. The summed E-state index contributed by atoms with van der Waals surface area (Å²) in [5.41, 5.74) is -1.97. The van der Waals surface area contributed by atoms with Gasteiger partial charge < -0.3 is 5.73 Å². The normalized spacial score (nSPS) is 11.4. The van der Waals surface area contributed by atoms with E-state index in [0.29, 0.717) is 0 Å². The van der Waals surface area contributed by atoms with E-state index >= 15 is 0 Å². The second kappa shape index (κ2) is 6.61. The largest absolute Gasteiger partial charge is 0.394 e. The van der Waals surface area contributed by atoms with Crippen LogP contribution in [0.1, 0.15) is 11.1 Å². The number of halogens is 8. The van der Waals surface area contributed by atoms with Gasteiger partial charge >= 0.3 is 5.69 Å². The van der Waals surface area contributed by atoms with Gasteiger partial charge in [0.2, 0.25) is 11.6 Å². The predicted molar refractivity (Wildman–Crippen MR) is 72.5 cm³/mol. The first-order valence-electron chi connectivity index (χ1n) is 6.30. The topological polar surface area (TPSA) is 69.2 Å². The lowest BCUT2D eigenvalue weighted by Gasteiger charge is -2.07. The van der Waals surface area contributed by atoms with E-state index in [1.54, 1.807) is 0 Å². The van der Waals surface area contributed by atoms with Crippen molar-refractivity contribution < 1.29 is 40.0 Å². The highest BCUT2D eigenvalue weighted by atomic mass is 19.2. The average molecular weight is 384 g/mol. The van der Waals surface area contributed by atoms with Gasteiger partial charge in [0.25, 0.3) is 0 Å². The fourth-order valence-corrected chi connectivity index (χ4v) is 1.92.